The zero-order valence-corrected chi connectivity index (χ0v) is 10.9. The zero-order chi connectivity index (χ0) is 14.6. The molecule has 4 rings (SSSR count). The molecule has 0 atom stereocenters. The van der Waals surface area contributed by atoms with Crippen LogP contribution in [-0.4, -0.2) is 26.1 Å². The van der Waals surface area contributed by atoms with Crippen LogP contribution < -0.4 is 9.47 Å². The minimum absolute atomic E-state index is 0.0384. The van der Waals surface area contributed by atoms with Crippen LogP contribution in [0.4, 0.5) is 8.78 Å². The fourth-order valence-electron chi connectivity index (χ4n) is 2.03. The Kier molecular flexibility index (Phi) is 2.35. The smallest absolute Gasteiger partial charge is 0.395 e. The summed E-state index contributed by atoms with van der Waals surface area (Å²) < 4.78 is 36.2. The van der Waals surface area contributed by atoms with Crippen LogP contribution in [0.15, 0.2) is 30.3 Å². The maximum absolute atomic E-state index is 13.0. The minimum atomic E-state index is -3.66. The maximum Gasteiger partial charge on any atom is 0.586 e. The van der Waals surface area contributed by atoms with Gasteiger partial charge in [-0.2, -0.15) is 9.61 Å². The quantitative estimate of drug-likeness (QED) is 0.691. The summed E-state index contributed by atoms with van der Waals surface area (Å²) in [6.45, 7) is 0. The van der Waals surface area contributed by atoms with E-state index >= 15 is 0 Å². The average molecular weight is 311 g/mol. The van der Waals surface area contributed by atoms with Gasteiger partial charge in [0.15, 0.2) is 23.0 Å². The normalized spacial score (nSPS) is 15.6. The third-order valence-electron chi connectivity index (χ3n) is 2.89. The van der Waals surface area contributed by atoms with Crippen molar-refractivity contribution in [2.75, 3.05) is 0 Å². The van der Waals surface area contributed by atoms with Crippen molar-refractivity contribution in [2.24, 2.45) is 0 Å². The van der Waals surface area contributed by atoms with E-state index in [-0.39, 0.29) is 16.7 Å². The van der Waals surface area contributed by atoms with E-state index in [1.165, 1.54) is 16.6 Å². The highest BCUT2D eigenvalue weighted by molar-refractivity contribution is 6.29. The van der Waals surface area contributed by atoms with Gasteiger partial charge in [0.2, 0.25) is 0 Å². The molecule has 6 nitrogen and oxygen atoms in total. The first-order chi connectivity index (χ1) is 10.0. The standard InChI is InChI=1S/C12H5ClF2N4O2/c13-9-3-4-10-16-17-11(19(10)18-9)6-1-2-7-8(5-6)21-12(14,15)20-7/h1-5H. The monoisotopic (exact) mass is 310 g/mol. The summed E-state index contributed by atoms with van der Waals surface area (Å²) in [6, 6.07) is 7.54. The second-order valence-corrected chi connectivity index (χ2v) is 4.67. The van der Waals surface area contributed by atoms with Crippen molar-refractivity contribution >= 4 is 17.2 Å². The third-order valence-corrected chi connectivity index (χ3v) is 3.09. The van der Waals surface area contributed by atoms with E-state index in [9.17, 15) is 8.78 Å². The molecule has 0 saturated carbocycles. The van der Waals surface area contributed by atoms with Crippen LogP contribution >= 0.6 is 11.6 Å². The fourth-order valence-corrected chi connectivity index (χ4v) is 2.17. The fraction of sp³-hybridized carbons (Fsp3) is 0.0833. The van der Waals surface area contributed by atoms with E-state index in [0.717, 1.165) is 0 Å². The Bertz CT molecular complexity index is 868. The molecule has 0 N–H and O–H groups in total. The molecule has 0 spiro atoms. The van der Waals surface area contributed by atoms with Gasteiger partial charge in [-0.3, -0.25) is 0 Å². The van der Waals surface area contributed by atoms with Crippen molar-refractivity contribution in [2.45, 2.75) is 6.29 Å². The van der Waals surface area contributed by atoms with Gasteiger partial charge >= 0.3 is 6.29 Å². The zero-order valence-electron chi connectivity index (χ0n) is 10.1. The van der Waals surface area contributed by atoms with Crippen LogP contribution in [0.1, 0.15) is 0 Å². The van der Waals surface area contributed by atoms with Crippen molar-refractivity contribution in [1.82, 2.24) is 19.8 Å². The molecule has 1 aliphatic rings. The number of hydrogen-bond acceptors (Lipinski definition) is 5. The molecule has 106 valence electrons. The maximum atomic E-state index is 13.0. The van der Waals surface area contributed by atoms with Crippen molar-refractivity contribution in [1.29, 1.82) is 0 Å². The largest absolute Gasteiger partial charge is 0.586 e. The predicted molar refractivity (Wildman–Crippen MR) is 67.4 cm³/mol. The number of ether oxygens (including phenoxy) is 2. The van der Waals surface area contributed by atoms with Gasteiger partial charge in [0.05, 0.1) is 0 Å². The number of halogens is 3. The molecular formula is C12H5ClF2N4O2. The Morgan fingerprint density at radius 2 is 1.86 bits per heavy atom. The van der Waals surface area contributed by atoms with E-state index < -0.39 is 6.29 Å². The van der Waals surface area contributed by atoms with Crippen LogP contribution in [0.5, 0.6) is 11.5 Å². The highest BCUT2D eigenvalue weighted by Crippen LogP contribution is 2.42. The molecule has 0 fully saturated rings. The SMILES string of the molecule is FC1(F)Oc2ccc(-c3nnc4ccc(Cl)nn34)cc2O1. The van der Waals surface area contributed by atoms with Crippen LogP contribution in [0.3, 0.4) is 0 Å². The van der Waals surface area contributed by atoms with Crippen LogP contribution in [0, 0.1) is 0 Å². The minimum Gasteiger partial charge on any atom is -0.395 e. The molecular weight excluding hydrogens is 306 g/mol. The number of alkyl halides is 2. The van der Waals surface area contributed by atoms with Gasteiger partial charge < -0.3 is 9.47 Å². The van der Waals surface area contributed by atoms with Gasteiger partial charge in [0.25, 0.3) is 0 Å². The number of rotatable bonds is 1. The Balaban J connectivity index is 1.85. The van der Waals surface area contributed by atoms with E-state index in [1.54, 1.807) is 18.2 Å². The number of benzene rings is 1. The summed E-state index contributed by atoms with van der Waals surface area (Å²) in [4.78, 5) is 0. The Labute approximate surface area is 120 Å². The topological polar surface area (TPSA) is 61.5 Å². The predicted octanol–water partition coefficient (Wildman–Crippen LogP) is 2.77. The molecule has 3 heterocycles. The number of nitrogens with zero attached hydrogens (tertiary/aromatic N) is 4. The summed E-state index contributed by atoms with van der Waals surface area (Å²) in [5.74, 6) is 0.244. The first kappa shape index (κ1) is 12.3. The van der Waals surface area contributed by atoms with Gasteiger partial charge in [-0.25, -0.2) is 0 Å². The molecule has 21 heavy (non-hydrogen) atoms. The van der Waals surface area contributed by atoms with Crippen molar-refractivity contribution < 1.29 is 18.3 Å². The lowest BCUT2D eigenvalue weighted by molar-refractivity contribution is -0.286. The lowest BCUT2D eigenvalue weighted by Crippen LogP contribution is -2.25. The summed E-state index contributed by atoms with van der Waals surface area (Å²) in [6.07, 6.45) is -3.66. The highest BCUT2D eigenvalue weighted by Gasteiger charge is 2.43. The second kappa shape index (κ2) is 4.01. The Morgan fingerprint density at radius 3 is 2.71 bits per heavy atom. The number of fused-ring (bicyclic) bond motifs is 2. The van der Waals surface area contributed by atoms with Crippen LogP contribution in [0.2, 0.25) is 5.15 Å². The summed E-state index contributed by atoms with van der Waals surface area (Å²) in [7, 11) is 0. The van der Waals surface area contributed by atoms with E-state index in [0.29, 0.717) is 17.0 Å². The first-order valence-electron chi connectivity index (χ1n) is 5.80. The summed E-state index contributed by atoms with van der Waals surface area (Å²) >= 11 is 5.83. The Morgan fingerprint density at radius 1 is 1.05 bits per heavy atom. The average Bonchev–Trinajstić information content (AvgIpc) is 2.96. The van der Waals surface area contributed by atoms with Gasteiger partial charge in [-0.1, -0.05) is 11.6 Å². The van der Waals surface area contributed by atoms with E-state index in [1.807, 2.05) is 0 Å². The molecule has 0 bridgehead atoms. The van der Waals surface area contributed by atoms with Gasteiger partial charge in [0.1, 0.15) is 5.15 Å². The summed E-state index contributed by atoms with van der Waals surface area (Å²) in [5.41, 5.74) is 0.981. The van der Waals surface area contributed by atoms with Crippen molar-refractivity contribution in [3.05, 3.63) is 35.5 Å². The lowest BCUT2D eigenvalue weighted by Gasteiger charge is -2.04. The first-order valence-corrected chi connectivity index (χ1v) is 6.18. The molecule has 3 aromatic rings. The van der Waals surface area contributed by atoms with Crippen LogP contribution in [-0.2, 0) is 0 Å². The summed E-state index contributed by atoms with van der Waals surface area (Å²) in [5, 5.41) is 12.2. The molecule has 0 aliphatic carbocycles. The molecule has 0 radical (unpaired) electrons. The molecule has 0 unspecified atom stereocenters. The highest BCUT2D eigenvalue weighted by atomic mass is 35.5. The molecule has 9 heteroatoms. The van der Waals surface area contributed by atoms with Crippen LogP contribution in [0.25, 0.3) is 17.0 Å². The molecule has 0 amide bonds. The van der Waals surface area contributed by atoms with Gasteiger partial charge in [0, 0.05) is 5.56 Å². The molecule has 1 aliphatic heterocycles. The van der Waals surface area contributed by atoms with E-state index in [4.69, 9.17) is 11.6 Å². The van der Waals surface area contributed by atoms with Crippen molar-refractivity contribution in [3.8, 4) is 22.9 Å². The number of hydrogen-bond donors (Lipinski definition) is 0. The van der Waals surface area contributed by atoms with Gasteiger partial charge in [-0.15, -0.1) is 19.0 Å². The molecule has 2 aromatic heterocycles. The second-order valence-electron chi connectivity index (χ2n) is 4.28. The number of aromatic nitrogens is 4. The van der Waals surface area contributed by atoms with Crippen molar-refractivity contribution in [3.63, 3.8) is 0 Å². The third kappa shape index (κ3) is 1.95. The van der Waals surface area contributed by atoms with E-state index in [2.05, 4.69) is 24.8 Å². The van der Waals surface area contributed by atoms with Gasteiger partial charge in [-0.05, 0) is 30.3 Å². The lowest BCUT2D eigenvalue weighted by atomic mass is 10.2. The molecule has 0 saturated heterocycles. The Hall–Kier alpha value is -2.48. The molecule has 1 aromatic carbocycles.